The molecule has 0 heterocycles. The average molecular weight is 380 g/mol. The second-order valence-corrected chi connectivity index (χ2v) is 5.60. The lowest BCUT2D eigenvalue weighted by molar-refractivity contribution is -0.131. The molecule has 0 aliphatic rings. The predicted molar refractivity (Wildman–Crippen MR) is 74.4 cm³/mol. The molecule has 0 saturated carbocycles. The predicted octanol–water partition coefficient (Wildman–Crippen LogP) is 3.23. The molecule has 2 atom stereocenters. The van der Waals surface area contributed by atoms with Crippen LogP contribution in [-0.4, -0.2) is 21.3 Å². The van der Waals surface area contributed by atoms with Gasteiger partial charge in [-0.15, -0.1) is 0 Å². The Hall–Kier alpha value is -0.850. The largest absolute Gasteiger partial charge is 0.506 e. The zero-order valence-electron chi connectivity index (χ0n) is 9.47. The molecule has 18 heavy (non-hydrogen) atoms. The molecule has 1 aromatic rings. The second kappa shape index (κ2) is 6.36. The van der Waals surface area contributed by atoms with Gasteiger partial charge in [-0.05, 0) is 28.1 Å². The summed E-state index contributed by atoms with van der Waals surface area (Å²) in [6, 6.07) is 3.25. The van der Waals surface area contributed by atoms with Crippen LogP contribution >= 0.6 is 31.9 Å². The average Bonchev–Trinajstić information content (AvgIpc) is 2.29. The van der Waals surface area contributed by atoms with Gasteiger partial charge in [0.05, 0.1) is 10.6 Å². The highest BCUT2D eigenvalue weighted by molar-refractivity contribution is 9.11. The van der Waals surface area contributed by atoms with Crippen molar-refractivity contribution < 1.29 is 20.1 Å². The van der Waals surface area contributed by atoms with Crippen molar-refractivity contribution in [2.24, 2.45) is 5.92 Å². The van der Waals surface area contributed by atoms with Crippen molar-refractivity contribution in [3.63, 3.8) is 0 Å². The highest BCUT2D eigenvalue weighted by atomic mass is 79.9. The first-order valence-corrected chi connectivity index (χ1v) is 6.68. The molecule has 0 spiro atoms. The lowest BCUT2D eigenvalue weighted by Gasteiger charge is -2.18. The van der Waals surface area contributed by atoms with Crippen molar-refractivity contribution in [2.75, 3.05) is 0 Å². The van der Waals surface area contributed by atoms with Gasteiger partial charge in [-0.2, -0.15) is 0 Å². The molecule has 98 valence electrons. The van der Waals surface area contributed by atoms with Gasteiger partial charge in [-0.1, -0.05) is 28.9 Å². The first kappa shape index (κ1) is 15.2. The van der Waals surface area contributed by atoms with E-state index in [1.165, 1.54) is 6.08 Å². The van der Waals surface area contributed by atoms with Crippen LogP contribution in [-0.2, 0) is 4.79 Å². The Labute approximate surface area is 121 Å². The van der Waals surface area contributed by atoms with E-state index in [2.05, 4.69) is 31.9 Å². The summed E-state index contributed by atoms with van der Waals surface area (Å²) in [5.41, 5.74) is 0.332. The van der Waals surface area contributed by atoms with Crippen molar-refractivity contribution in [2.45, 2.75) is 13.0 Å². The quantitative estimate of drug-likeness (QED) is 0.702. The van der Waals surface area contributed by atoms with Gasteiger partial charge in [-0.25, -0.2) is 4.79 Å². The second-order valence-electron chi connectivity index (χ2n) is 3.83. The van der Waals surface area contributed by atoms with E-state index < -0.39 is 18.0 Å². The molecule has 3 N–H and O–H groups in total. The van der Waals surface area contributed by atoms with Crippen molar-refractivity contribution >= 4 is 37.8 Å². The number of benzene rings is 1. The number of rotatable bonds is 4. The van der Waals surface area contributed by atoms with E-state index in [4.69, 9.17) is 5.11 Å². The first-order chi connectivity index (χ1) is 8.32. The number of halogens is 2. The van der Waals surface area contributed by atoms with E-state index in [9.17, 15) is 15.0 Å². The number of hydrogen-bond donors (Lipinski definition) is 3. The molecule has 0 aliphatic heterocycles. The molecule has 1 rings (SSSR count). The van der Waals surface area contributed by atoms with Crippen LogP contribution < -0.4 is 0 Å². The summed E-state index contributed by atoms with van der Waals surface area (Å²) in [6.07, 6.45) is 1.36. The minimum Gasteiger partial charge on any atom is -0.506 e. The summed E-state index contributed by atoms with van der Waals surface area (Å²) in [5, 5.41) is 28.5. The van der Waals surface area contributed by atoms with Crippen molar-refractivity contribution in [1.29, 1.82) is 0 Å². The minimum atomic E-state index is -1.08. The van der Waals surface area contributed by atoms with Crippen LogP contribution in [0.4, 0.5) is 0 Å². The topological polar surface area (TPSA) is 77.8 Å². The molecule has 0 bridgehead atoms. The third-order valence-electron chi connectivity index (χ3n) is 2.42. The first-order valence-electron chi connectivity index (χ1n) is 5.10. The zero-order chi connectivity index (χ0) is 13.9. The third-order valence-corrected chi connectivity index (χ3v) is 3.48. The highest BCUT2D eigenvalue weighted by Crippen LogP contribution is 2.37. The lowest BCUT2D eigenvalue weighted by Crippen LogP contribution is -2.08. The van der Waals surface area contributed by atoms with Crippen LogP contribution in [0.25, 0.3) is 0 Å². The summed E-state index contributed by atoms with van der Waals surface area (Å²) in [4.78, 5) is 10.4. The molecule has 6 heteroatoms. The van der Waals surface area contributed by atoms with Gasteiger partial charge in [0.15, 0.2) is 0 Å². The van der Waals surface area contributed by atoms with Gasteiger partial charge < -0.3 is 15.3 Å². The fourth-order valence-corrected chi connectivity index (χ4v) is 2.69. The number of aliphatic hydroxyl groups excluding tert-OH is 1. The SMILES string of the molecule is C[C@H](/C=C/C(=O)O)[C@H](O)c1cc(Br)cc(Br)c1O. The van der Waals surface area contributed by atoms with E-state index in [1.54, 1.807) is 19.1 Å². The number of carboxylic acid groups (broad SMARTS) is 1. The van der Waals surface area contributed by atoms with Crippen molar-refractivity contribution in [3.05, 3.63) is 38.8 Å². The molecule has 0 radical (unpaired) electrons. The molecular formula is C12H12Br2O4. The Morgan fingerprint density at radius 1 is 1.39 bits per heavy atom. The number of aromatic hydroxyl groups is 1. The standard InChI is InChI=1S/C12H12Br2O4/c1-6(2-3-10(15)16)11(17)8-4-7(13)5-9(14)12(8)18/h2-6,11,17-18H,1H3,(H,15,16)/b3-2+/t6-,11+/m1/s1. The number of phenols is 1. The van der Waals surface area contributed by atoms with Crippen molar-refractivity contribution in [3.8, 4) is 5.75 Å². The fourth-order valence-electron chi connectivity index (χ4n) is 1.43. The Bertz CT molecular complexity index is 485. The van der Waals surface area contributed by atoms with E-state index in [0.29, 0.717) is 14.5 Å². The number of hydrogen-bond acceptors (Lipinski definition) is 3. The van der Waals surface area contributed by atoms with Crippen LogP contribution in [0.3, 0.4) is 0 Å². The van der Waals surface area contributed by atoms with Crippen LogP contribution in [0.5, 0.6) is 5.75 Å². The van der Waals surface area contributed by atoms with E-state index in [-0.39, 0.29) is 5.75 Å². The Kier molecular flexibility index (Phi) is 5.37. The Morgan fingerprint density at radius 2 is 2.00 bits per heavy atom. The minimum absolute atomic E-state index is 0.0544. The lowest BCUT2D eigenvalue weighted by atomic mass is 9.96. The summed E-state index contributed by atoms with van der Waals surface area (Å²) >= 11 is 6.44. The van der Waals surface area contributed by atoms with Crippen LogP contribution in [0.2, 0.25) is 0 Å². The number of phenolic OH excluding ortho intramolecular Hbond substituents is 1. The van der Waals surface area contributed by atoms with Crippen molar-refractivity contribution in [1.82, 2.24) is 0 Å². The summed E-state index contributed by atoms with van der Waals surface area (Å²) < 4.78 is 1.16. The van der Waals surface area contributed by atoms with E-state index in [1.807, 2.05) is 0 Å². The maximum Gasteiger partial charge on any atom is 0.327 e. The molecular weight excluding hydrogens is 368 g/mol. The smallest absolute Gasteiger partial charge is 0.327 e. The normalized spacial score (nSPS) is 14.7. The van der Waals surface area contributed by atoms with Crippen LogP contribution in [0, 0.1) is 5.92 Å². The summed E-state index contributed by atoms with van der Waals surface area (Å²) in [6.45, 7) is 1.67. The molecule has 0 saturated heterocycles. The van der Waals surface area contributed by atoms with Gasteiger partial charge in [0.1, 0.15) is 5.75 Å². The van der Waals surface area contributed by atoms with Gasteiger partial charge in [0.2, 0.25) is 0 Å². The van der Waals surface area contributed by atoms with Gasteiger partial charge in [0, 0.05) is 22.0 Å². The maximum atomic E-state index is 10.4. The van der Waals surface area contributed by atoms with Gasteiger partial charge >= 0.3 is 5.97 Å². The van der Waals surface area contributed by atoms with Crippen LogP contribution in [0.15, 0.2) is 33.2 Å². The Morgan fingerprint density at radius 3 is 2.56 bits per heavy atom. The number of aliphatic carboxylic acids is 1. The zero-order valence-corrected chi connectivity index (χ0v) is 12.6. The van der Waals surface area contributed by atoms with E-state index >= 15 is 0 Å². The highest BCUT2D eigenvalue weighted by Gasteiger charge is 2.20. The number of carbonyl (C=O) groups is 1. The molecule has 0 unspecified atom stereocenters. The molecule has 0 aliphatic carbocycles. The Balaban J connectivity index is 3.03. The number of aliphatic hydroxyl groups is 1. The van der Waals surface area contributed by atoms with Crippen LogP contribution in [0.1, 0.15) is 18.6 Å². The van der Waals surface area contributed by atoms with Gasteiger partial charge in [-0.3, -0.25) is 0 Å². The van der Waals surface area contributed by atoms with Gasteiger partial charge in [0.25, 0.3) is 0 Å². The molecule has 4 nitrogen and oxygen atoms in total. The number of carboxylic acids is 1. The molecule has 1 aromatic carbocycles. The summed E-state index contributed by atoms with van der Waals surface area (Å²) in [7, 11) is 0. The monoisotopic (exact) mass is 378 g/mol. The maximum absolute atomic E-state index is 10.4. The molecule has 0 amide bonds. The molecule has 0 fully saturated rings. The summed E-state index contributed by atoms with van der Waals surface area (Å²) in [5.74, 6) is -1.57. The molecule has 0 aromatic heterocycles. The fraction of sp³-hybridized carbons (Fsp3) is 0.250. The third kappa shape index (κ3) is 3.83. The van der Waals surface area contributed by atoms with E-state index in [0.717, 1.165) is 6.08 Å².